The van der Waals surface area contributed by atoms with Crippen molar-refractivity contribution >= 4 is 32.8 Å². The van der Waals surface area contributed by atoms with E-state index in [4.69, 9.17) is 56.2 Å². The van der Waals surface area contributed by atoms with E-state index in [9.17, 15) is 0 Å². The summed E-state index contributed by atoms with van der Waals surface area (Å²) in [7, 11) is -2.33. The van der Waals surface area contributed by atoms with Gasteiger partial charge in [0.1, 0.15) is 79.9 Å². The lowest BCUT2D eigenvalue weighted by Gasteiger charge is -2.50. The van der Waals surface area contributed by atoms with Crippen molar-refractivity contribution in [3.8, 4) is 46.6 Å². The molecule has 0 aromatic heterocycles. The summed E-state index contributed by atoms with van der Waals surface area (Å²) in [6, 6.07) is 0. The molecule has 2 heterocycles. The van der Waals surface area contributed by atoms with Crippen LogP contribution in [0, 0.1) is 58.4 Å². The minimum absolute atomic E-state index is 0.0209. The van der Waals surface area contributed by atoms with Gasteiger partial charge in [0.15, 0.2) is 0 Å². The molecule has 0 bridgehead atoms. The topological polar surface area (TPSA) is 111 Å². The maximum Gasteiger partial charge on any atom is 0.201 e. The zero-order valence-corrected chi connectivity index (χ0v) is 50.4. The first-order chi connectivity index (χ1) is 31.8. The second-order valence-corrected chi connectivity index (χ2v) is 42.6. The summed E-state index contributed by atoms with van der Waals surface area (Å²) in [5, 5.41) is 0. The van der Waals surface area contributed by atoms with Crippen LogP contribution in [-0.2, 0) is 56.2 Å². The van der Waals surface area contributed by atoms with E-state index >= 15 is 0 Å². The molecule has 0 N–H and O–H groups in total. The van der Waals surface area contributed by atoms with Crippen molar-refractivity contribution in [2.24, 2.45) is 11.8 Å². The third-order valence-corrected chi connectivity index (χ3v) is 26.9. The predicted octanol–water partition coefficient (Wildman–Crippen LogP) is 9.86. The van der Waals surface area contributed by atoms with Crippen LogP contribution in [0.4, 0.5) is 0 Å². The smallest absolute Gasteiger partial charge is 0.201 e. The molecule has 12 nitrogen and oxygen atoms in total. The van der Waals surface area contributed by atoms with Gasteiger partial charge in [-0.15, -0.1) is 17.0 Å². The van der Waals surface area contributed by atoms with Gasteiger partial charge in [0.05, 0.1) is 37.3 Å². The molecule has 0 spiro atoms. The maximum atomic E-state index is 7.63. The van der Waals surface area contributed by atoms with Crippen molar-refractivity contribution in [3.05, 3.63) is 0 Å². The summed E-state index contributed by atoms with van der Waals surface area (Å²) < 4.78 is 76.4. The van der Waals surface area contributed by atoms with Gasteiger partial charge in [-0.25, -0.2) is 0 Å². The predicted molar refractivity (Wildman–Crippen MR) is 283 cm³/mol. The number of hydrogen-bond acceptors (Lipinski definition) is 12. The molecule has 0 aromatic carbocycles. The van der Waals surface area contributed by atoms with Gasteiger partial charge in [0.2, 0.25) is 16.6 Å². The van der Waals surface area contributed by atoms with Crippen LogP contribution in [0.5, 0.6) is 0 Å². The standard InChI is InChI=1S/C52H94O12Si4/c1-37(2)67(38(3)4,39(5)6)63-51-45(61-48(32-58-34-54-14)44(27-29-65(17,18)19)50(51)60-36-56-16)26-24-23-25-43-47(31-57-33-53-13)62-46(28-30-66(20,21)22)52(49(43)59-35-55-15)64-68(40(7)8,41(9)10)42(11)12/h37-52H,31-36H2,1-22H3/t43-,44-,45+,46+,47-,48-,49+,50+,51+,52+/m1/s1. The largest absolute Gasteiger partial charge is 0.407 e. The third-order valence-electron chi connectivity index (χ3n) is 12.9. The molecule has 2 rings (SSSR count). The minimum Gasteiger partial charge on any atom is -0.407 e. The third kappa shape index (κ3) is 17.7. The molecule has 0 unspecified atom stereocenters. The molecule has 390 valence electrons. The Morgan fingerprint density at radius 2 is 0.735 bits per heavy atom. The highest BCUT2D eigenvalue weighted by Crippen LogP contribution is 2.47. The first-order valence-corrected chi connectivity index (χ1v) is 36.1. The van der Waals surface area contributed by atoms with Gasteiger partial charge in [0, 0.05) is 28.4 Å². The Bertz CT molecular complexity index is 1690. The van der Waals surface area contributed by atoms with Crippen molar-refractivity contribution in [1.29, 1.82) is 0 Å². The van der Waals surface area contributed by atoms with Crippen molar-refractivity contribution in [3.63, 3.8) is 0 Å². The van der Waals surface area contributed by atoms with Crippen LogP contribution in [-0.4, -0.2) is 150 Å². The van der Waals surface area contributed by atoms with Crippen molar-refractivity contribution in [2.75, 3.05) is 68.8 Å². The van der Waals surface area contributed by atoms with Gasteiger partial charge in [0.25, 0.3) is 0 Å². The lowest BCUT2D eigenvalue weighted by Crippen LogP contribution is -2.62. The molecule has 0 aliphatic carbocycles. The van der Waals surface area contributed by atoms with Crippen LogP contribution in [0.25, 0.3) is 0 Å². The maximum absolute atomic E-state index is 7.63. The molecule has 2 aliphatic rings. The molecule has 0 radical (unpaired) electrons. The molecule has 16 heteroatoms. The molecule has 68 heavy (non-hydrogen) atoms. The highest BCUT2D eigenvalue weighted by molar-refractivity contribution is 6.84. The van der Waals surface area contributed by atoms with Crippen LogP contribution < -0.4 is 0 Å². The number of rotatable bonds is 24. The van der Waals surface area contributed by atoms with Gasteiger partial charge >= 0.3 is 0 Å². The van der Waals surface area contributed by atoms with E-state index in [1.807, 2.05) is 0 Å². The van der Waals surface area contributed by atoms with Crippen LogP contribution >= 0.6 is 0 Å². The van der Waals surface area contributed by atoms with E-state index in [2.05, 4.69) is 169 Å². The normalized spacial score (nSPS) is 26.1. The Hall–Kier alpha value is -1.37. The fraction of sp³-hybridized carbons (Fsp3) is 0.846. The fourth-order valence-corrected chi connectivity index (χ4v) is 22.6. The highest BCUT2D eigenvalue weighted by atomic mass is 28.4. The molecular formula is C52H94O12Si4. The van der Waals surface area contributed by atoms with Crippen molar-refractivity contribution in [2.45, 2.75) is 204 Å². The molecule has 0 aromatic rings. The van der Waals surface area contributed by atoms with Gasteiger partial charge in [-0.3, -0.25) is 0 Å². The van der Waals surface area contributed by atoms with E-state index in [-0.39, 0.29) is 57.0 Å². The minimum atomic E-state index is -2.56. The van der Waals surface area contributed by atoms with Gasteiger partial charge in [-0.2, -0.15) is 0 Å². The van der Waals surface area contributed by atoms with Gasteiger partial charge in [-0.1, -0.05) is 140 Å². The van der Waals surface area contributed by atoms with Gasteiger partial charge in [-0.05, 0) is 45.1 Å². The summed E-state index contributed by atoms with van der Waals surface area (Å²) in [4.78, 5) is 0. The Kier molecular flexibility index (Phi) is 27.1. The second kappa shape index (κ2) is 29.4. The Morgan fingerprint density at radius 1 is 0.412 bits per heavy atom. The molecule has 2 saturated heterocycles. The van der Waals surface area contributed by atoms with Crippen molar-refractivity contribution in [1.82, 2.24) is 0 Å². The molecule has 0 amide bonds. The van der Waals surface area contributed by atoms with E-state index < -0.39 is 93.5 Å². The molecule has 0 saturated carbocycles. The quantitative estimate of drug-likeness (QED) is 0.0398. The van der Waals surface area contributed by atoms with E-state index in [0.29, 0.717) is 16.6 Å². The molecule has 10 atom stereocenters. The average molecular weight is 1020 g/mol. The van der Waals surface area contributed by atoms with E-state index in [1.54, 1.807) is 28.4 Å². The number of hydrogen-bond donors (Lipinski definition) is 0. The van der Waals surface area contributed by atoms with Crippen LogP contribution in [0.1, 0.15) is 83.1 Å². The van der Waals surface area contributed by atoms with Gasteiger partial charge < -0.3 is 56.2 Å². The number of ether oxygens (including phenoxy) is 10. The fourth-order valence-electron chi connectivity index (χ4n) is 10.3. The zero-order chi connectivity index (χ0) is 51.6. The van der Waals surface area contributed by atoms with Crippen molar-refractivity contribution < 1.29 is 56.2 Å². The lowest BCUT2D eigenvalue weighted by atomic mass is 9.86. The van der Waals surface area contributed by atoms with E-state index in [1.165, 1.54) is 0 Å². The Labute approximate surface area is 418 Å². The average Bonchev–Trinajstić information content (AvgIpc) is 3.23. The monoisotopic (exact) mass is 1020 g/mol. The van der Waals surface area contributed by atoms with Crippen LogP contribution in [0.3, 0.4) is 0 Å². The summed E-state index contributed by atoms with van der Waals surface area (Å²) in [5.74, 6) is 19.6. The molecule has 2 aliphatic heterocycles. The van der Waals surface area contributed by atoms with Crippen LogP contribution in [0.15, 0.2) is 0 Å². The first kappa shape index (κ1) is 62.7. The van der Waals surface area contributed by atoms with E-state index in [0.717, 1.165) is 0 Å². The lowest BCUT2D eigenvalue weighted by molar-refractivity contribution is -0.217. The van der Waals surface area contributed by atoms with Crippen LogP contribution in [0.2, 0.25) is 72.5 Å². The Balaban J connectivity index is 3.04. The highest BCUT2D eigenvalue weighted by Gasteiger charge is 2.55. The second-order valence-electron chi connectivity index (χ2n) is 22.2. The molecule has 2 fully saturated rings. The summed E-state index contributed by atoms with van der Waals surface area (Å²) in [6.45, 7) is 41.3. The zero-order valence-electron chi connectivity index (χ0n) is 46.4. The molecular weight excluding hydrogens is 929 g/mol. The summed E-state index contributed by atoms with van der Waals surface area (Å²) >= 11 is 0. The Morgan fingerprint density at radius 3 is 1.07 bits per heavy atom. The number of methoxy groups -OCH3 is 4. The summed E-state index contributed by atoms with van der Waals surface area (Å²) in [5.41, 5.74) is 8.91. The summed E-state index contributed by atoms with van der Waals surface area (Å²) in [6.07, 6.45) is -4.79. The first-order valence-electron chi connectivity index (χ1n) is 24.9. The SMILES string of the molecule is COCOC[C@H]1O[C@@H](C#CC#C[C@H]2[C@H](OCOC)[C@@H](O[Si](C(C)C)(C(C)C)C(C)C)[C@H](C#C[Si](C)(C)C)O[C@@H]2COCOC)[C@H](O[Si](C(C)C)(C(C)C)C(C)C)[C@@H](OCOC)[C@@H]1C#C[Si](C)(C)C.